The molecule has 0 bridgehead atoms. The van der Waals surface area contributed by atoms with E-state index in [0.717, 1.165) is 0 Å². The van der Waals surface area contributed by atoms with Crippen molar-refractivity contribution in [3.05, 3.63) is 0 Å². The molecule has 0 amide bonds. The first-order valence-corrected chi connectivity index (χ1v) is 4.73. The van der Waals surface area contributed by atoms with Gasteiger partial charge in [-0.1, -0.05) is 0 Å². The van der Waals surface area contributed by atoms with Crippen molar-refractivity contribution < 1.29 is 18.9 Å². The van der Waals surface area contributed by atoms with E-state index < -0.39 is 6.00 Å². The SMILES string of the molecule is [B][C@@H]1OCC(OC)[C@@H]1OCC(C)OC. The molecule has 14 heavy (non-hydrogen) atoms. The van der Waals surface area contributed by atoms with Crippen LogP contribution in [0.5, 0.6) is 0 Å². The maximum absolute atomic E-state index is 5.70. The Labute approximate surface area is 86.3 Å². The van der Waals surface area contributed by atoms with Gasteiger partial charge in [0.15, 0.2) is 0 Å². The summed E-state index contributed by atoms with van der Waals surface area (Å²) in [6.45, 7) is 2.92. The van der Waals surface area contributed by atoms with Crippen LogP contribution in [0, 0.1) is 0 Å². The van der Waals surface area contributed by atoms with E-state index >= 15 is 0 Å². The molecule has 1 saturated heterocycles. The smallest absolute Gasteiger partial charge is 0.112 e. The highest BCUT2D eigenvalue weighted by atomic mass is 16.6. The van der Waals surface area contributed by atoms with Gasteiger partial charge in [-0.15, -0.1) is 0 Å². The molecular weight excluding hydrogens is 183 g/mol. The van der Waals surface area contributed by atoms with Gasteiger partial charge in [-0.05, 0) is 6.92 Å². The molecule has 1 aliphatic rings. The fourth-order valence-electron chi connectivity index (χ4n) is 1.33. The number of ether oxygens (including phenoxy) is 4. The maximum Gasteiger partial charge on any atom is 0.112 e. The molecule has 1 fully saturated rings. The quantitative estimate of drug-likeness (QED) is 0.583. The third-order valence-corrected chi connectivity index (χ3v) is 2.37. The van der Waals surface area contributed by atoms with Gasteiger partial charge in [0.25, 0.3) is 0 Å². The Morgan fingerprint density at radius 3 is 2.79 bits per heavy atom. The summed E-state index contributed by atoms with van der Waals surface area (Å²) in [6, 6.07) is -0.399. The summed E-state index contributed by atoms with van der Waals surface area (Å²) >= 11 is 0. The van der Waals surface area contributed by atoms with Crippen LogP contribution in [0.15, 0.2) is 0 Å². The van der Waals surface area contributed by atoms with Crippen molar-refractivity contribution >= 4 is 7.85 Å². The predicted molar refractivity (Wildman–Crippen MR) is 52.5 cm³/mol. The third-order valence-electron chi connectivity index (χ3n) is 2.37. The average molecular weight is 200 g/mol. The van der Waals surface area contributed by atoms with Crippen LogP contribution in [0.4, 0.5) is 0 Å². The van der Waals surface area contributed by atoms with Gasteiger partial charge in [0, 0.05) is 20.2 Å². The van der Waals surface area contributed by atoms with Crippen molar-refractivity contribution in [2.75, 3.05) is 27.4 Å². The zero-order valence-electron chi connectivity index (χ0n) is 8.93. The lowest BCUT2D eigenvalue weighted by Gasteiger charge is -2.22. The Kier molecular flexibility index (Phi) is 4.88. The zero-order valence-corrected chi connectivity index (χ0v) is 8.93. The molecule has 2 unspecified atom stereocenters. The summed E-state index contributed by atoms with van der Waals surface area (Å²) in [5, 5.41) is 0. The third kappa shape index (κ3) is 2.95. The lowest BCUT2D eigenvalue weighted by molar-refractivity contribution is -0.0671. The monoisotopic (exact) mass is 200 g/mol. The minimum Gasteiger partial charge on any atom is -0.382 e. The molecular formula is C9H17BO4. The highest BCUT2D eigenvalue weighted by Gasteiger charge is 2.35. The van der Waals surface area contributed by atoms with Gasteiger partial charge in [-0.25, -0.2) is 0 Å². The van der Waals surface area contributed by atoms with Gasteiger partial charge in [0.05, 0.1) is 19.3 Å². The summed E-state index contributed by atoms with van der Waals surface area (Å²) in [5.41, 5.74) is 0. The minimum atomic E-state index is -0.399. The lowest BCUT2D eigenvalue weighted by atomic mass is 9.93. The van der Waals surface area contributed by atoms with E-state index in [9.17, 15) is 0 Å². The lowest BCUT2D eigenvalue weighted by Crippen LogP contribution is -2.36. The van der Waals surface area contributed by atoms with Gasteiger partial charge < -0.3 is 18.9 Å². The molecule has 0 aromatic carbocycles. The topological polar surface area (TPSA) is 36.9 Å². The fraction of sp³-hybridized carbons (Fsp3) is 1.00. The first-order chi connectivity index (χ1) is 6.69. The van der Waals surface area contributed by atoms with Crippen LogP contribution in [0.3, 0.4) is 0 Å². The first kappa shape index (κ1) is 12.0. The Morgan fingerprint density at radius 2 is 2.21 bits per heavy atom. The molecule has 1 heterocycles. The normalized spacial score (nSPS) is 34.6. The van der Waals surface area contributed by atoms with Gasteiger partial charge in [-0.2, -0.15) is 0 Å². The Morgan fingerprint density at radius 1 is 1.50 bits per heavy atom. The van der Waals surface area contributed by atoms with Crippen molar-refractivity contribution in [3.63, 3.8) is 0 Å². The van der Waals surface area contributed by atoms with Crippen molar-refractivity contribution in [1.29, 1.82) is 0 Å². The summed E-state index contributed by atoms with van der Waals surface area (Å²) in [5.74, 6) is 0. The summed E-state index contributed by atoms with van der Waals surface area (Å²) in [6.07, 6.45) is -0.216. The summed E-state index contributed by atoms with van der Waals surface area (Å²) in [4.78, 5) is 0. The first-order valence-electron chi connectivity index (χ1n) is 4.73. The van der Waals surface area contributed by atoms with Crippen molar-refractivity contribution in [3.8, 4) is 0 Å². The molecule has 0 spiro atoms. The van der Waals surface area contributed by atoms with Crippen LogP contribution in [0.2, 0.25) is 0 Å². The molecule has 2 radical (unpaired) electrons. The van der Waals surface area contributed by atoms with Crippen LogP contribution in [-0.2, 0) is 18.9 Å². The second-order valence-corrected chi connectivity index (χ2v) is 3.42. The average Bonchev–Trinajstić information content (AvgIpc) is 2.55. The van der Waals surface area contributed by atoms with Crippen molar-refractivity contribution in [2.45, 2.75) is 31.2 Å². The Hall–Kier alpha value is -0.0951. The number of methoxy groups -OCH3 is 2. The van der Waals surface area contributed by atoms with Crippen LogP contribution in [-0.4, -0.2) is 59.6 Å². The van der Waals surface area contributed by atoms with E-state index in [4.69, 9.17) is 26.8 Å². The molecule has 0 aromatic heterocycles. The van der Waals surface area contributed by atoms with E-state index in [0.29, 0.717) is 13.2 Å². The highest BCUT2D eigenvalue weighted by molar-refractivity contribution is 6.11. The second kappa shape index (κ2) is 5.71. The van der Waals surface area contributed by atoms with E-state index in [-0.39, 0.29) is 18.3 Å². The molecule has 4 atom stereocenters. The van der Waals surface area contributed by atoms with Gasteiger partial charge in [0.2, 0.25) is 0 Å². The van der Waals surface area contributed by atoms with E-state index in [1.165, 1.54) is 0 Å². The molecule has 80 valence electrons. The predicted octanol–water partition coefficient (Wildman–Crippen LogP) is -0.0537. The fourth-order valence-corrected chi connectivity index (χ4v) is 1.33. The molecule has 0 N–H and O–H groups in total. The van der Waals surface area contributed by atoms with Gasteiger partial charge in [0.1, 0.15) is 20.1 Å². The zero-order chi connectivity index (χ0) is 10.6. The van der Waals surface area contributed by atoms with Crippen LogP contribution < -0.4 is 0 Å². The summed E-state index contributed by atoms with van der Waals surface area (Å²) < 4.78 is 21.0. The number of hydrogen-bond donors (Lipinski definition) is 0. The molecule has 1 rings (SSSR count). The van der Waals surface area contributed by atoms with Gasteiger partial charge in [-0.3, -0.25) is 0 Å². The highest BCUT2D eigenvalue weighted by Crippen LogP contribution is 2.18. The molecule has 1 aliphatic heterocycles. The number of rotatable bonds is 5. The maximum atomic E-state index is 5.70. The standard InChI is InChI=1S/C9H17BO4/c1-6(11-2)4-13-8-7(12-3)5-14-9(8)10/h6-9H,4-5H2,1-3H3/t6?,7?,8-,9+/m0/s1. The number of hydrogen-bond acceptors (Lipinski definition) is 4. The molecule has 0 saturated carbocycles. The molecule has 4 nitrogen and oxygen atoms in total. The molecule has 5 heteroatoms. The largest absolute Gasteiger partial charge is 0.382 e. The van der Waals surface area contributed by atoms with E-state index in [1.807, 2.05) is 6.92 Å². The van der Waals surface area contributed by atoms with E-state index in [2.05, 4.69) is 0 Å². The van der Waals surface area contributed by atoms with Crippen LogP contribution in [0.1, 0.15) is 6.92 Å². The Bertz CT molecular complexity index is 167. The van der Waals surface area contributed by atoms with Crippen LogP contribution in [0.25, 0.3) is 0 Å². The molecule has 0 aliphatic carbocycles. The second-order valence-electron chi connectivity index (χ2n) is 3.42. The minimum absolute atomic E-state index is 0.0558. The Balaban J connectivity index is 2.33. The van der Waals surface area contributed by atoms with Crippen molar-refractivity contribution in [1.82, 2.24) is 0 Å². The van der Waals surface area contributed by atoms with Gasteiger partial charge >= 0.3 is 0 Å². The summed E-state index contributed by atoms with van der Waals surface area (Å²) in [7, 11) is 8.98. The van der Waals surface area contributed by atoms with E-state index in [1.54, 1.807) is 14.2 Å². The van der Waals surface area contributed by atoms with Crippen molar-refractivity contribution in [2.24, 2.45) is 0 Å². The van der Waals surface area contributed by atoms with Crippen LogP contribution >= 0.6 is 0 Å². The molecule has 0 aromatic rings.